The normalized spacial score (nSPS) is 15.9. The van der Waals surface area contributed by atoms with E-state index in [0.717, 1.165) is 18.2 Å². The average molecular weight is 441 g/mol. The first-order valence-corrected chi connectivity index (χ1v) is 7.67. The number of benzene rings is 2. The molecule has 0 bridgehead atoms. The van der Waals surface area contributed by atoms with Gasteiger partial charge in [0.15, 0.2) is 11.5 Å². The van der Waals surface area contributed by atoms with Crippen molar-refractivity contribution < 1.29 is 32.7 Å². The minimum atomic E-state index is -4.02. The lowest BCUT2D eigenvalue weighted by Gasteiger charge is -2.16. The Kier molecular flexibility index (Phi) is 4.30. The van der Waals surface area contributed by atoms with Gasteiger partial charge in [-0.3, -0.25) is 10.1 Å². The van der Waals surface area contributed by atoms with Crippen LogP contribution in [0.15, 0.2) is 28.7 Å². The van der Waals surface area contributed by atoms with E-state index in [1.807, 2.05) is 0 Å². The predicted octanol–water partition coefficient (Wildman–Crippen LogP) is 4.55. The molecule has 0 radical (unpaired) electrons. The molecular weight excluding hydrogens is 435 g/mol. The van der Waals surface area contributed by atoms with Crippen molar-refractivity contribution in [3.63, 3.8) is 0 Å². The highest BCUT2D eigenvalue weighted by molar-refractivity contribution is 9.10. The van der Waals surface area contributed by atoms with Crippen LogP contribution in [-0.4, -0.2) is 16.3 Å². The van der Waals surface area contributed by atoms with E-state index in [1.54, 1.807) is 0 Å². The number of rotatable bonds is 3. The highest BCUT2D eigenvalue weighted by Gasteiger charge is 2.47. The summed E-state index contributed by atoms with van der Waals surface area (Å²) in [5, 5.41) is 21.7. The lowest BCUT2D eigenvalue weighted by molar-refractivity contribution is -0.386. The standard InChI is InChI=1S/C14H6BrClF3NO5/c15-11-10(12(21)6-3-5(17)1-2-7(6)16)8(20(22)23)4-9-13(11)25-14(18,19)24-9/h1-4,12,21H. The number of hydrogen-bond donors (Lipinski definition) is 1. The fourth-order valence-electron chi connectivity index (χ4n) is 2.34. The summed E-state index contributed by atoms with van der Waals surface area (Å²) in [5.74, 6) is -1.86. The molecule has 1 aliphatic heterocycles. The molecule has 132 valence electrons. The molecule has 0 fully saturated rings. The first kappa shape index (κ1) is 17.8. The molecule has 0 saturated heterocycles. The first-order chi connectivity index (χ1) is 11.6. The molecule has 11 heteroatoms. The van der Waals surface area contributed by atoms with E-state index in [4.69, 9.17) is 11.6 Å². The summed E-state index contributed by atoms with van der Waals surface area (Å²) in [7, 11) is 0. The van der Waals surface area contributed by atoms with Crippen LogP contribution in [0.25, 0.3) is 0 Å². The van der Waals surface area contributed by atoms with Crippen LogP contribution in [0.3, 0.4) is 0 Å². The summed E-state index contributed by atoms with van der Waals surface area (Å²) < 4.78 is 48.1. The highest BCUT2D eigenvalue weighted by atomic mass is 79.9. The van der Waals surface area contributed by atoms with Crippen LogP contribution >= 0.6 is 27.5 Å². The number of fused-ring (bicyclic) bond motifs is 1. The first-order valence-electron chi connectivity index (χ1n) is 6.50. The molecule has 0 saturated carbocycles. The Hall–Kier alpha value is -2.04. The summed E-state index contributed by atoms with van der Waals surface area (Å²) in [6.07, 6.45) is -5.81. The summed E-state index contributed by atoms with van der Waals surface area (Å²) in [5.41, 5.74) is -1.35. The van der Waals surface area contributed by atoms with E-state index < -0.39 is 45.9 Å². The van der Waals surface area contributed by atoms with Crippen LogP contribution in [-0.2, 0) is 0 Å². The number of aliphatic hydroxyl groups is 1. The van der Waals surface area contributed by atoms with Crippen LogP contribution in [0.5, 0.6) is 11.5 Å². The largest absolute Gasteiger partial charge is 0.586 e. The van der Waals surface area contributed by atoms with Gasteiger partial charge < -0.3 is 14.6 Å². The number of aliphatic hydroxyl groups excluding tert-OH is 1. The monoisotopic (exact) mass is 439 g/mol. The molecule has 1 unspecified atom stereocenters. The van der Waals surface area contributed by atoms with Gasteiger partial charge in [0.25, 0.3) is 5.69 Å². The number of nitro benzene ring substituents is 1. The number of ether oxygens (including phenoxy) is 2. The fraction of sp³-hybridized carbons (Fsp3) is 0.143. The van der Waals surface area contributed by atoms with E-state index >= 15 is 0 Å². The molecule has 6 nitrogen and oxygen atoms in total. The van der Waals surface area contributed by atoms with Crippen molar-refractivity contribution >= 4 is 33.2 Å². The van der Waals surface area contributed by atoms with Crippen LogP contribution in [0.4, 0.5) is 18.9 Å². The van der Waals surface area contributed by atoms with Gasteiger partial charge >= 0.3 is 6.29 Å². The topological polar surface area (TPSA) is 81.8 Å². The van der Waals surface area contributed by atoms with Gasteiger partial charge in [0, 0.05) is 10.6 Å². The maximum absolute atomic E-state index is 13.4. The minimum Gasteiger partial charge on any atom is -0.395 e. The molecule has 1 heterocycles. The molecule has 1 N–H and O–H groups in total. The van der Waals surface area contributed by atoms with Gasteiger partial charge in [0.05, 0.1) is 21.0 Å². The zero-order chi connectivity index (χ0) is 18.5. The quantitative estimate of drug-likeness (QED) is 0.559. The molecule has 1 atom stereocenters. The number of alkyl halides is 2. The molecule has 2 aromatic rings. The highest BCUT2D eigenvalue weighted by Crippen LogP contribution is 2.52. The number of nitrogens with zero attached hydrogens (tertiary/aromatic N) is 1. The SMILES string of the molecule is O=[N+]([O-])c1cc2c(c(Br)c1C(O)c1cc(F)ccc1Cl)OC(F)(F)O2. The van der Waals surface area contributed by atoms with E-state index in [2.05, 4.69) is 25.4 Å². The van der Waals surface area contributed by atoms with E-state index in [-0.39, 0.29) is 15.1 Å². The maximum atomic E-state index is 13.4. The zero-order valence-electron chi connectivity index (χ0n) is 11.8. The van der Waals surface area contributed by atoms with Gasteiger partial charge in [-0.1, -0.05) is 11.6 Å². The Morgan fingerprint density at radius 1 is 1.32 bits per heavy atom. The maximum Gasteiger partial charge on any atom is 0.586 e. The second-order valence-corrected chi connectivity index (χ2v) is 6.14. The molecule has 0 spiro atoms. The van der Waals surface area contributed by atoms with Crippen molar-refractivity contribution in [3.8, 4) is 11.5 Å². The Morgan fingerprint density at radius 3 is 2.64 bits per heavy atom. The van der Waals surface area contributed by atoms with Gasteiger partial charge in [0.1, 0.15) is 11.9 Å². The fourth-order valence-corrected chi connectivity index (χ4v) is 3.26. The Morgan fingerprint density at radius 2 is 2.00 bits per heavy atom. The molecule has 25 heavy (non-hydrogen) atoms. The molecule has 0 aliphatic carbocycles. The van der Waals surface area contributed by atoms with Crippen LogP contribution in [0, 0.1) is 15.9 Å². The number of hydrogen-bond acceptors (Lipinski definition) is 5. The van der Waals surface area contributed by atoms with Crippen molar-refractivity contribution in [3.05, 3.63) is 60.8 Å². The third-order valence-corrected chi connectivity index (χ3v) is 4.51. The van der Waals surface area contributed by atoms with Crippen molar-refractivity contribution in [1.29, 1.82) is 0 Å². The second-order valence-electron chi connectivity index (χ2n) is 4.94. The Balaban J connectivity index is 2.22. The van der Waals surface area contributed by atoms with Gasteiger partial charge in [-0.2, -0.15) is 0 Å². The summed E-state index contributed by atoms with van der Waals surface area (Å²) in [6.45, 7) is 0. The molecular formula is C14H6BrClF3NO5. The summed E-state index contributed by atoms with van der Waals surface area (Å²) in [4.78, 5) is 10.4. The third kappa shape index (κ3) is 3.12. The Bertz CT molecular complexity index is 895. The van der Waals surface area contributed by atoms with Crippen molar-refractivity contribution in [2.45, 2.75) is 12.4 Å². The third-order valence-electron chi connectivity index (χ3n) is 3.38. The summed E-state index contributed by atoms with van der Waals surface area (Å²) >= 11 is 8.80. The summed E-state index contributed by atoms with van der Waals surface area (Å²) in [6, 6.07) is 3.74. The molecule has 1 aliphatic rings. The van der Waals surface area contributed by atoms with Gasteiger partial charge in [-0.15, -0.1) is 8.78 Å². The average Bonchev–Trinajstić information content (AvgIpc) is 2.83. The van der Waals surface area contributed by atoms with Crippen LogP contribution < -0.4 is 9.47 Å². The van der Waals surface area contributed by atoms with Crippen molar-refractivity contribution in [1.82, 2.24) is 0 Å². The van der Waals surface area contributed by atoms with Crippen LogP contribution in [0.2, 0.25) is 5.02 Å². The van der Waals surface area contributed by atoms with Crippen molar-refractivity contribution in [2.24, 2.45) is 0 Å². The molecule has 0 amide bonds. The number of halogens is 5. The van der Waals surface area contributed by atoms with Gasteiger partial charge in [-0.25, -0.2) is 4.39 Å². The van der Waals surface area contributed by atoms with Gasteiger partial charge in [0.2, 0.25) is 0 Å². The smallest absolute Gasteiger partial charge is 0.395 e. The lowest BCUT2D eigenvalue weighted by atomic mass is 9.99. The minimum absolute atomic E-state index is 0.0712. The lowest BCUT2D eigenvalue weighted by Crippen LogP contribution is -2.26. The van der Waals surface area contributed by atoms with E-state index in [9.17, 15) is 28.4 Å². The van der Waals surface area contributed by atoms with Crippen LogP contribution in [0.1, 0.15) is 17.2 Å². The molecule has 2 aromatic carbocycles. The second kappa shape index (κ2) is 6.04. The zero-order valence-corrected chi connectivity index (χ0v) is 14.1. The number of nitro groups is 1. The molecule has 0 aromatic heterocycles. The van der Waals surface area contributed by atoms with Crippen molar-refractivity contribution in [2.75, 3.05) is 0 Å². The van der Waals surface area contributed by atoms with E-state index in [1.165, 1.54) is 0 Å². The van der Waals surface area contributed by atoms with Gasteiger partial charge in [-0.05, 0) is 34.1 Å². The Labute approximate surface area is 151 Å². The van der Waals surface area contributed by atoms with E-state index in [0.29, 0.717) is 6.07 Å². The predicted molar refractivity (Wildman–Crippen MR) is 82.5 cm³/mol. The molecule has 3 rings (SSSR count).